The predicted octanol–water partition coefficient (Wildman–Crippen LogP) is 1.51. The summed E-state index contributed by atoms with van der Waals surface area (Å²) in [5.41, 5.74) is 0.209. The molecule has 0 spiro atoms. The van der Waals surface area contributed by atoms with E-state index >= 15 is 0 Å². The van der Waals surface area contributed by atoms with Gasteiger partial charge in [-0.1, -0.05) is 0 Å². The topological polar surface area (TPSA) is 91.8 Å². The molecule has 3 heterocycles. The van der Waals surface area contributed by atoms with E-state index in [1.54, 1.807) is 12.3 Å². The maximum Gasteiger partial charge on any atom is 0.276 e. The maximum atomic E-state index is 12.2. The van der Waals surface area contributed by atoms with Crippen molar-refractivity contribution in [2.24, 2.45) is 0 Å². The van der Waals surface area contributed by atoms with Crippen LogP contribution in [-0.4, -0.2) is 33.8 Å². The van der Waals surface area contributed by atoms with Gasteiger partial charge in [0.1, 0.15) is 5.69 Å². The molecule has 2 aromatic rings. The summed E-state index contributed by atoms with van der Waals surface area (Å²) in [5.74, 6) is -0.397. The maximum absolute atomic E-state index is 12.2. The fraction of sp³-hybridized carbons (Fsp3) is 0.357. The Bertz CT molecular complexity index is 733. The first-order valence-electron chi connectivity index (χ1n) is 7.09. The molecule has 1 amide bonds. The minimum Gasteiger partial charge on any atom is -0.365 e. The number of piperidine rings is 1. The van der Waals surface area contributed by atoms with E-state index in [1.807, 2.05) is 4.68 Å². The number of pyridine rings is 1. The second-order valence-electron chi connectivity index (χ2n) is 5.18. The van der Waals surface area contributed by atoms with Gasteiger partial charge >= 0.3 is 0 Å². The molecule has 0 aromatic carbocycles. The highest BCUT2D eigenvalue weighted by Gasteiger charge is 2.18. The van der Waals surface area contributed by atoms with Crippen molar-refractivity contribution < 1.29 is 4.79 Å². The fourth-order valence-electron chi connectivity index (χ4n) is 2.46. The van der Waals surface area contributed by atoms with Crippen molar-refractivity contribution in [1.29, 1.82) is 0 Å². The van der Waals surface area contributed by atoms with Crippen molar-refractivity contribution in [3.05, 3.63) is 45.0 Å². The highest BCUT2D eigenvalue weighted by Crippen LogP contribution is 2.16. The molecule has 0 saturated carbocycles. The van der Waals surface area contributed by atoms with Crippen LogP contribution in [0.4, 0.5) is 5.69 Å². The summed E-state index contributed by atoms with van der Waals surface area (Å²) in [4.78, 5) is 26.9. The Morgan fingerprint density at radius 1 is 1.45 bits per heavy atom. The van der Waals surface area contributed by atoms with E-state index in [1.165, 1.54) is 12.4 Å². The van der Waals surface area contributed by atoms with Crippen molar-refractivity contribution in [1.82, 2.24) is 20.1 Å². The van der Waals surface area contributed by atoms with E-state index in [0.29, 0.717) is 10.2 Å². The van der Waals surface area contributed by atoms with Crippen molar-refractivity contribution in [3.63, 3.8) is 0 Å². The third-order valence-electron chi connectivity index (χ3n) is 3.63. The van der Waals surface area contributed by atoms with E-state index in [0.717, 1.165) is 25.9 Å². The number of aromatic nitrogens is 3. The molecule has 0 bridgehead atoms. The zero-order chi connectivity index (χ0) is 15.5. The molecule has 2 aromatic heterocycles. The van der Waals surface area contributed by atoms with E-state index in [2.05, 4.69) is 36.6 Å². The zero-order valence-corrected chi connectivity index (χ0v) is 13.4. The van der Waals surface area contributed by atoms with Crippen molar-refractivity contribution in [2.75, 3.05) is 18.4 Å². The van der Waals surface area contributed by atoms with Gasteiger partial charge in [-0.05, 0) is 41.4 Å². The second-order valence-corrected chi connectivity index (χ2v) is 6.04. The molecular weight excluding hydrogens is 350 g/mol. The van der Waals surface area contributed by atoms with Crippen LogP contribution in [-0.2, 0) is 0 Å². The largest absolute Gasteiger partial charge is 0.365 e. The molecule has 1 saturated heterocycles. The third-order valence-corrected chi connectivity index (χ3v) is 4.22. The van der Waals surface area contributed by atoms with Gasteiger partial charge in [0.2, 0.25) is 5.43 Å². The number of H-pyrrole nitrogens is 1. The van der Waals surface area contributed by atoms with Gasteiger partial charge in [0.25, 0.3) is 5.91 Å². The van der Waals surface area contributed by atoms with E-state index in [9.17, 15) is 9.59 Å². The van der Waals surface area contributed by atoms with Crippen LogP contribution in [0.5, 0.6) is 0 Å². The highest BCUT2D eigenvalue weighted by molar-refractivity contribution is 9.10. The number of nitrogens with zero attached hydrogens (tertiary/aromatic N) is 2. The summed E-state index contributed by atoms with van der Waals surface area (Å²) in [5, 5.41) is 10.2. The van der Waals surface area contributed by atoms with E-state index < -0.39 is 5.91 Å². The molecule has 8 heteroatoms. The fourth-order valence-corrected chi connectivity index (χ4v) is 2.80. The molecule has 0 aliphatic carbocycles. The van der Waals surface area contributed by atoms with Crippen molar-refractivity contribution in [3.8, 4) is 0 Å². The summed E-state index contributed by atoms with van der Waals surface area (Å²) >= 11 is 3.13. The van der Waals surface area contributed by atoms with Crippen molar-refractivity contribution in [2.45, 2.75) is 18.9 Å². The number of aromatic amines is 1. The Hall–Kier alpha value is -1.93. The molecule has 7 nitrogen and oxygen atoms in total. The normalized spacial score (nSPS) is 18.1. The number of rotatable bonds is 3. The van der Waals surface area contributed by atoms with Crippen LogP contribution < -0.4 is 16.1 Å². The lowest BCUT2D eigenvalue weighted by molar-refractivity contribution is 0.102. The number of anilines is 1. The molecule has 116 valence electrons. The summed E-state index contributed by atoms with van der Waals surface area (Å²) in [7, 11) is 0. The first kappa shape index (κ1) is 15.0. The minimum absolute atomic E-state index is 0.188. The minimum atomic E-state index is -0.397. The molecule has 22 heavy (non-hydrogen) atoms. The smallest absolute Gasteiger partial charge is 0.276 e. The van der Waals surface area contributed by atoms with Crippen LogP contribution >= 0.6 is 15.9 Å². The van der Waals surface area contributed by atoms with Gasteiger partial charge in [0.05, 0.1) is 10.5 Å². The van der Waals surface area contributed by atoms with Gasteiger partial charge in [-0.3, -0.25) is 14.3 Å². The van der Waals surface area contributed by atoms with Crippen LogP contribution in [0.2, 0.25) is 0 Å². The van der Waals surface area contributed by atoms with Crippen molar-refractivity contribution >= 4 is 27.5 Å². The number of halogens is 1. The van der Waals surface area contributed by atoms with Crippen LogP contribution in [0.3, 0.4) is 0 Å². The lowest BCUT2D eigenvalue weighted by Crippen LogP contribution is -2.32. The van der Waals surface area contributed by atoms with Crippen LogP contribution in [0, 0.1) is 0 Å². The molecule has 3 N–H and O–H groups in total. The molecule has 0 radical (unpaired) electrons. The quantitative estimate of drug-likeness (QED) is 0.768. The Kier molecular flexibility index (Phi) is 4.39. The van der Waals surface area contributed by atoms with Gasteiger partial charge in [-0.25, -0.2) is 0 Å². The average Bonchev–Trinajstić information content (AvgIpc) is 3.03. The van der Waals surface area contributed by atoms with E-state index in [-0.39, 0.29) is 17.2 Å². The Labute approximate surface area is 135 Å². The van der Waals surface area contributed by atoms with Gasteiger partial charge in [-0.2, -0.15) is 5.10 Å². The van der Waals surface area contributed by atoms with Gasteiger partial charge < -0.3 is 15.6 Å². The van der Waals surface area contributed by atoms with Crippen LogP contribution in [0.1, 0.15) is 29.4 Å². The van der Waals surface area contributed by atoms with Crippen LogP contribution in [0.15, 0.2) is 33.9 Å². The summed E-state index contributed by atoms with van der Waals surface area (Å²) in [6.07, 6.45) is 6.91. The molecule has 1 unspecified atom stereocenters. The number of hydrogen-bond acceptors (Lipinski definition) is 4. The number of hydrogen-bond donors (Lipinski definition) is 3. The number of carbonyl (C=O) groups excluding carboxylic acids is 1. The lowest BCUT2D eigenvalue weighted by Gasteiger charge is -2.22. The summed E-state index contributed by atoms with van der Waals surface area (Å²) in [6.45, 7) is 1.88. The standard InChI is InChI=1S/C14H16BrN5O2/c15-10-7-17-8-12(13(10)21)18-14(22)11-3-5-20(19-11)9-2-1-4-16-6-9/h3,5,7-9,16H,1-2,4,6H2,(H,17,21)(H,18,22). The van der Waals surface area contributed by atoms with Gasteiger partial charge in [0.15, 0.2) is 5.69 Å². The number of amides is 1. The highest BCUT2D eigenvalue weighted by atomic mass is 79.9. The molecule has 1 aliphatic heterocycles. The third kappa shape index (κ3) is 3.12. The Morgan fingerprint density at radius 3 is 3.09 bits per heavy atom. The van der Waals surface area contributed by atoms with Crippen LogP contribution in [0.25, 0.3) is 0 Å². The predicted molar refractivity (Wildman–Crippen MR) is 86.1 cm³/mol. The number of carbonyl (C=O) groups is 1. The Balaban J connectivity index is 1.74. The average molecular weight is 366 g/mol. The van der Waals surface area contributed by atoms with Gasteiger partial charge in [0, 0.05) is 25.1 Å². The number of nitrogens with one attached hydrogen (secondary N) is 3. The van der Waals surface area contributed by atoms with E-state index in [4.69, 9.17) is 0 Å². The Morgan fingerprint density at radius 2 is 2.32 bits per heavy atom. The second kappa shape index (κ2) is 6.45. The molecule has 1 atom stereocenters. The first-order valence-corrected chi connectivity index (χ1v) is 7.88. The lowest BCUT2D eigenvalue weighted by atomic mass is 10.1. The molecular formula is C14H16BrN5O2. The molecule has 1 aliphatic rings. The van der Waals surface area contributed by atoms with Gasteiger partial charge in [-0.15, -0.1) is 0 Å². The SMILES string of the molecule is O=C(Nc1c[nH]cc(Br)c1=O)c1ccn(C2CCCNC2)n1. The molecule has 1 fully saturated rings. The summed E-state index contributed by atoms with van der Waals surface area (Å²) in [6, 6.07) is 1.93. The summed E-state index contributed by atoms with van der Waals surface area (Å²) < 4.78 is 2.18. The zero-order valence-electron chi connectivity index (χ0n) is 11.8. The molecule has 3 rings (SSSR count). The monoisotopic (exact) mass is 365 g/mol. The first-order chi connectivity index (χ1) is 10.6.